The molecule has 0 radical (unpaired) electrons. The fourth-order valence-electron chi connectivity index (χ4n) is 4.14. The maximum absolute atomic E-state index is 5.84. The summed E-state index contributed by atoms with van der Waals surface area (Å²) in [5.41, 5.74) is 5.10. The molecule has 0 aliphatic carbocycles. The van der Waals surface area contributed by atoms with Gasteiger partial charge in [0.05, 0.1) is 11.2 Å². The molecule has 0 bridgehead atoms. The topological polar surface area (TPSA) is 31.0 Å². The zero-order valence-corrected chi connectivity index (χ0v) is 16.2. The van der Waals surface area contributed by atoms with E-state index in [1.807, 2.05) is 42.5 Å². The van der Waals surface area contributed by atoms with Crippen molar-refractivity contribution in [2.24, 2.45) is 0 Å². The Bertz CT molecular complexity index is 1480. The fraction of sp³-hybridized carbons (Fsp3) is 0. The molecule has 0 saturated carbocycles. The second-order valence-corrected chi connectivity index (χ2v) is 7.36. The van der Waals surface area contributed by atoms with E-state index in [1.54, 1.807) is 0 Å². The molecule has 0 atom stereocenters. The van der Waals surface area contributed by atoms with Gasteiger partial charge in [-0.1, -0.05) is 84.0 Å². The van der Waals surface area contributed by atoms with Crippen molar-refractivity contribution in [3.8, 4) is 28.4 Å². The van der Waals surface area contributed by atoms with E-state index in [2.05, 4.69) is 76.5 Å². The van der Waals surface area contributed by atoms with Crippen molar-refractivity contribution in [3.05, 3.63) is 109 Å². The van der Waals surface area contributed by atoms with Gasteiger partial charge in [0.15, 0.2) is 5.76 Å². The lowest BCUT2D eigenvalue weighted by molar-refractivity contribution is 0.433. The van der Waals surface area contributed by atoms with Crippen molar-refractivity contribution >= 4 is 21.7 Å². The van der Waals surface area contributed by atoms with E-state index in [9.17, 15) is 0 Å². The second kappa shape index (κ2) is 6.75. The van der Waals surface area contributed by atoms with Gasteiger partial charge in [-0.05, 0) is 35.0 Å². The predicted octanol–water partition coefficient (Wildman–Crippen LogP) is 7.11. The molecular weight excluding hydrogens is 368 g/mol. The summed E-state index contributed by atoms with van der Waals surface area (Å²) in [5.74, 6) is 0.748. The van der Waals surface area contributed by atoms with Crippen LogP contribution < -0.4 is 0 Å². The van der Waals surface area contributed by atoms with Gasteiger partial charge in [-0.3, -0.25) is 0 Å². The number of hydrogen-bond donors (Lipinski definition) is 0. The van der Waals surface area contributed by atoms with Gasteiger partial charge in [0.1, 0.15) is 5.69 Å². The van der Waals surface area contributed by atoms with Gasteiger partial charge >= 0.3 is 0 Å². The lowest BCUT2D eigenvalue weighted by Gasteiger charge is -2.09. The molecule has 30 heavy (non-hydrogen) atoms. The Kier molecular flexibility index (Phi) is 3.78. The van der Waals surface area contributed by atoms with Crippen molar-refractivity contribution in [1.82, 2.24) is 9.72 Å². The molecule has 6 rings (SSSR count). The van der Waals surface area contributed by atoms with Crippen LogP contribution in [0.2, 0.25) is 0 Å². The minimum absolute atomic E-state index is 0.748. The van der Waals surface area contributed by atoms with Crippen LogP contribution in [0.3, 0.4) is 0 Å². The summed E-state index contributed by atoms with van der Waals surface area (Å²) in [6.07, 6.45) is 0. The van der Waals surface area contributed by atoms with Crippen molar-refractivity contribution in [3.63, 3.8) is 0 Å². The molecule has 3 heteroatoms. The maximum atomic E-state index is 5.84. The van der Waals surface area contributed by atoms with E-state index >= 15 is 0 Å². The lowest BCUT2D eigenvalue weighted by Crippen LogP contribution is -1.95. The van der Waals surface area contributed by atoms with Crippen LogP contribution in [0.1, 0.15) is 0 Å². The normalized spacial score (nSPS) is 11.3. The minimum Gasteiger partial charge on any atom is -0.354 e. The minimum atomic E-state index is 0.748. The monoisotopic (exact) mass is 386 g/mol. The molecule has 4 aromatic carbocycles. The summed E-state index contributed by atoms with van der Waals surface area (Å²) in [6.45, 7) is 0. The van der Waals surface area contributed by atoms with Crippen LogP contribution in [0, 0.1) is 0 Å². The van der Waals surface area contributed by atoms with E-state index in [0.29, 0.717) is 0 Å². The van der Waals surface area contributed by atoms with Gasteiger partial charge in [-0.2, -0.15) is 0 Å². The number of nitrogens with zero attached hydrogens (tertiary/aromatic N) is 2. The highest BCUT2D eigenvalue weighted by Crippen LogP contribution is 2.36. The quantitative estimate of drug-likeness (QED) is 0.325. The van der Waals surface area contributed by atoms with Crippen LogP contribution in [-0.2, 0) is 0 Å². The van der Waals surface area contributed by atoms with E-state index in [0.717, 1.165) is 33.9 Å². The highest BCUT2D eigenvalue weighted by atomic mass is 16.5. The number of benzene rings is 4. The van der Waals surface area contributed by atoms with Crippen molar-refractivity contribution in [2.45, 2.75) is 0 Å². The number of aromatic nitrogens is 2. The second-order valence-electron chi connectivity index (χ2n) is 7.36. The standard InChI is InChI=1S/C27H18N2O/c1-3-10-20(11-4-1)24-18-27(30-28-24)26-17-23-22-14-8-7-9-19(22)15-16-25(23)29(26)21-12-5-2-6-13-21/h1-18H. The molecule has 0 N–H and O–H groups in total. The van der Waals surface area contributed by atoms with E-state index in [-0.39, 0.29) is 0 Å². The molecular formula is C27H18N2O. The third-order valence-electron chi connectivity index (χ3n) is 5.56. The molecule has 0 aliphatic heterocycles. The summed E-state index contributed by atoms with van der Waals surface area (Å²) in [6, 6.07) is 37.6. The molecule has 2 heterocycles. The first-order chi connectivity index (χ1) is 14.9. The summed E-state index contributed by atoms with van der Waals surface area (Å²) in [5, 5.41) is 8.00. The summed E-state index contributed by atoms with van der Waals surface area (Å²) in [4.78, 5) is 0. The maximum Gasteiger partial charge on any atom is 0.184 e. The first-order valence-corrected chi connectivity index (χ1v) is 10.00. The van der Waals surface area contributed by atoms with Crippen molar-refractivity contribution in [1.29, 1.82) is 0 Å². The Morgan fingerprint density at radius 3 is 2.20 bits per heavy atom. The number of rotatable bonds is 3. The van der Waals surface area contributed by atoms with Gasteiger partial charge in [0.2, 0.25) is 0 Å². The molecule has 0 aliphatic rings. The summed E-state index contributed by atoms with van der Waals surface area (Å²) >= 11 is 0. The highest BCUT2D eigenvalue weighted by Gasteiger charge is 2.18. The molecule has 2 aromatic heterocycles. The van der Waals surface area contributed by atoms with Gasteiger partial charge in [0, 0.05) is 22.7 Å². The average molecular weight is 386 g/mol. The Labute approximate surface area is 173 Å². The van der Waals surface area contributed by atoms with E-state index < -0.39 is 0 Å². The van der Waals surface area contributed by atoms with Crippen LogP contribution in [0.25, 0.3) is 50.1 Å². The third kappa shape index (κ3) is 2.64. The van der Waals surface area contributed by atoms with Gasteiger partial charge in [-0.25, -0.2) is 0 Å². The van der Waals surface area contributed by atoms with Crippen molar-refractivity contribution in [2.75, 3.05) is 0 Å². The van der Waals surface area contributed by atoms with Crippen LogP contribution in [0.15, 0.2) is 114 Å². The molecule has 0 fully saturated rings. The Hall–Kier alpha value is -4.11. The first kappa shape index (κ1) is 16.8. The van der Waals surface area contributed by atoms with E-state index in [1.165, 1.54) is 16.2 Å². The summed E-state index contributed by atoms with van der Waals surface area (Å²) in [7, 11) is 0. The summed E-state index contributed by atoms with van der Waals surface area (Å²) < 4.78 is 8.09. The van der Waals surface area contributed by atoms with E-state index in [4.69, 9.17) is 4.52 Å². The zero-order chi connectivity index (χ0) is 19.9. The molecule has 0 spiro atoms. The van der Waals surface area contributed by atoms with Gasteiger partial charge in [-0.15, -0.1) is 0 Å². The number of fused-ring (bicyclic) bond motifs is 3. The molecule has 142 valence electrons. The van der Waals surface area contributed by atoms with Crippen LogP contribution in [0.5, 0.6) is 0 Å². The first-order valence-electron chi connectivity index (χ1n) is 10.00. The number of hydrogen-bond acceptors (Lipinski definition) is 2. The van der Waals surface area contributed by atoms with Crippen molar-refractivity contribution < 1.29 is 4.52 Å². The smallest absolute Gasteiger partial charge is 0.184 e. The molecule has 0 saturated heterocycles. The lowest BCUT2D eigenvalue weighted by atomic mass is 10.1. The van der Waals surface area contributed by atoms with Gasteiger partial charge < -0.3 is 9.09 Å². The van der Waals surface area contributed by atoms with Gasteiger partial charge in [0.25, 0.3) is 0 Å². The predicted molar refractivity (Wildman–Crippen MR) is 122 cm³/mol. The fourth-order valence-corrected chi connectivity index (χ4v) is 4.14. The molecule has 0 unspecified atom stereocenters. The molecule has 3 nitrogen and oxygen atoms in total. The van der Waals surface area contributed by atoms with Crippen LogP contribution in [-0.4, -0.2) is 9.72 Å². The zero-order valence-electron chi connectivity index (χ0n) is 16.2. The average Bonchev–Trinajstić information content (AvgIpc) is 3.45. The van der Waals surface area contributed by atoms with Crippen LogP contribution >= 0.6 is 0 Å². The largest absolute Gasteiger partial charge is 0.354 e. The molecule has 0 amide bonds. The number of para-hydroxylation sites is 1. The Morgan fingerprint density at radius 1 is 0.633 bits per heavy atom. The Balaban J connectivity index is 1.64. The SMILES string of the molecule is c1ccc(-c2cc(-c3cc4c5ccccc5ccc4n3-c3ccccc3)on2)cc1. The highest BCUT2D eigenvalue weighted by molar-refractivity contribution is 6.09. The molecule has 6 aromatic rings. The Morgan fingerprint density at radius 2 is 1.37 bits per heavy atom. The van der Waals surface area contributed by atoms with Crippen LogP contribution in [0.4, 0.5) is 0 Å². The third-order valence-corrected chi connectivity index (χ3v) is 5.56.